The summed E-state index contributed by atoms with van der Waals surface area (Å²) in [5, 5.41) is 0. The van der Waals surface area contributed by atoms with E-state index in [4.69, 9.17) is 9.47 Å². The van der Waals surface area contributed by atoms with Crippen molar-refractivity contribution in [2.45, 2.75) is 64.2 Å². The van der Waals surface area contributed by atoms with E-state index in [-0.39, 0.29) is 23.0 Å². The molecule has 0 amide bonds. The molecule has 0 aromatic heterocycles. The second kappa shape index (κ2) is 14.8. The zero-order chi connectivity index (χ0) is 28.3. The van der Waals surface area contributed by atoms with E-state index in [1.54, 1.807) is 42.5 Å². The minimum absolute atomic E-state index is 0.0162. The maximum absolute atomic E-state index is 15.2. The standard InChI is InChI=1S/C35H39F3O2/c1-3-5-7-23-40-33-21-12-26(24-32(33)36)9-8-25-10-13-27(14-11-25)30-19-20-31(35(38)34(30)37)28-15-17-29(18-16-28)39-22-6-4-2/h3,8-9,12,15-21,24-25,27H,1,4-7,10-11,13-14,22-23H2,2H3/b9-8+. The SMILES string of the molecule is C=CCCCOc1ccc(/C=C/C2CCC(c3ccc(-c4ccc(OCCCC)cc4)c(F)c3F)CC2)cc1F. The van der Waals surface area contributed by atoms with Gasteiger partial charge in [-0.1, -0.05) is 61.9 Å². The van der Waals surface area contributed by atoms with E-state index in [1.165, 1.54) is 6.07 Å². The van der Waals surface area contributed by atoms with Crippen LogP contribution in [-0.2, 0) is 0 Å². The maximum Gasteiger partial charge on any atom is 0.166 e. The Labute approximate surface area is 236 Å². The van der Waals surface area contributed by atoms with Crippen molar-refractivity contribution < 1.29 is 22.6 Å². The second-order valence-corrected chi connectivity index (χ2v) is 10.5. The molecular weight excluding hydrogens is 509 g/mol. The first-order valence-corrected chi connectivity index (χ1v) is 14.4. The van der Waals surface area contributed by atoms with Gasteiger partial charge in [-0.25, -0.2) is 13.2 Å². The van der Waals surface area contributed by atoms with E-state index in [9.17, 15) is 4.39 Å². The Balaban J connectivity index is 1.32. The van der Waals surface area contributed by atoms with Gasteiger partial charge in [0.25, 0.3) is 0 Å². The summed E-state index contributed by atoms with van der Waals surface area (Å²) in [5.41, 5.74) is 2.12. The number of halogens is 3. The van der Waals surface area contributed by atoms with Crippen molar-refractivity contribution in [3.63, 3.8) is 0 Å². The fraction of sp³-hybridized carbons (Fsp3) is 0.371. The number of allylic oxidation sites excluding steroid dienone is 2. The smallest absolute Gasteiger partial charge is 0.166 e. The van der Waals surface area contributed by atoms with Crippen LogP contribution in [0.1, 0.15) is 75.3 Å². The molecule has 1 saturated carbocycles. The van der Waals surface area contributed by atoms with Crippen molar-refractivity contribution in [2.75, 3.05) is 13.2 Å². The Morgan fingerprint density at radius 1 is 0.850 bits per heavy atom. The molecule has 4 rings (SSSR count). The molecule has 3 aromatic carbocycles. The fourth-order valence-corrected chi connectivity index (χ4v) is 5.19. The van der Waals surface area contributed by atoms with Crippen LogP contribution in [0.4, 0.5) is 13.2 Å². The average molecular weight is 549 g/mol. The van der Waals surface area contributed by atoms with Gasteiger partial charge < -0.3 is 9.47 Å². The lowest BCUT2D eigenvalue weighted by Gasteiger charge is -2.27. The average Bonchev–Trinajstić information content (AvgIpc) is 2.97. The highest BCUT2D eigenvalue weighted by Crippen LogP contribution is 2.39. The van der Waals surface area contributed by atoms with Crippen LogP contribution in [-0.4, -0.2) is 13.2 Å². The summed E-state index contributed by atoms with van der Waals surface area (Å²) in [6.07, 6.45) is 12.8. The summed E-state index contributed by atoms with van der Waals surface area (Å²) in [6.45, 7) is 6.87. The van der Waals surface area contributed by atoms with Crippen LogP contribution >= 0.6 is 0 Å². The highest BCUT2D eigenvalue weighted by Gasteiger charge is 2.26. The van der Waals surface area contributed by atoms with E-state index in [2.05, 4.69) is 19.6 Å². The minimum atomic E-state index is -0.797. The molecule has 0 unspecified atom stereocenters. The quantitative estimate of drug-likeness (QED) is 0.156. The zero-order valence-electron chi connectivity index (χ0n) is 23.3. The number of hydrogen-bond donors (Lipinski definition) is 0. The van der Waals surface area contributed by atoms with E-state index in [1.807, 2.05) is 18.2 Å². The maximum atomic E-state index is 15.2. The van der Waals surface area contributed by atoms with Gasteiger partial charge in [0.1, 0.15) is 5.75 Å². The zero-order valence-corrected chi connectivity index (χ0v) is 23.3. The number of rotatable bonds is 13. The third kappa shape index (κ3) is 7.80. The monoisotopic (exact) mass is 548 g/mol. The van der Waals surface area contributed by atoms with Gasteiger partial charge in [0.15, 0.2) is 23.2 Å². The van der Waals surface area contributed by atoms with E-state index >= 15 is 8.78 Å². The summed E-state index contributed by atoms with van der Waals surface area (Å²) >= 11 is 0. The van der Waals surface area contributed by atoms with Crippen LogP contribution in [0, 0.1) is 23.4 Å². The summed E-state index contributed by atoms with van der Waals surface area (Å²) in [4.78, 5) is 0. The molecular formula is C35H39F3O2. The molecule has 1 aliphatic rings. The predicted octanol–water partition coefficient (Wildman–Crippen LogP) is 10.3. The van der Waals surface area contributed by atoms with Crippen molar-refractivity contribution in [3.05, 3.63) is 102 Å². The van der Waals surface area contributed by atoms with Crippen LogP contribution in [0.25, 0.3) is 17.2 Å². The van der Waals surface area contributed by atoms with Gasteiger partial charge in [0.2, 0.25) is 0 Å². The van der Waals surface area contributed by atoms with E-state index in [0.29, 0.717) is 30.3 Å². The molecule has 0 saturated heterocycles. The minimum Gasteiger partial charge on any atom is -0.494 e. The molecule has 40 heavy (non-hydrogen) atoms. The Hall–Kier alpha value is -3.47. The molecule has 0 N–H and O–H groups in total. The van der Waals surface area contributed by atoms with Gasteiger partial charge in [0.05, 0.1) is 13.2 Å². The van der Waals surface area contributed by atoms with Gasteiger partial charge in [-0.3, -0.25) is 0 Å². The van der Waals surface area contributed by atoms with Crippen molar-refractivity contribution in [1.82, 2.24) is 0 Å². The molecule has 0 atom stereocenters. The number of ether oxygens (including phenoxy) is 2. The number of hydrogen-bond acceptors (Lipinski definition) is 2. The molecule has 1 fully saturated rings. The van der Waals surface area contributed by atoms with Gasteiger partial charge >= 0.3 is 0 Å². The van der Waals surface area contributed by atoms with Gasteiger partial charge in [-0.15, -0.1) is 6.58 Å². The van der Waals surface area contributed by atoms with Gasteiger partial charge in [-0.05, 0) is 97.7 Å². The first kappa shape index (κ1) is 29.5. The van der Waals surface area contributed by atoms with E-state index in [0.717, 1.165) is 62.7 Å². The normalized spacial score (nSPS) is 17.2. The topological polar surface area (TPSA) is 18.5 Å². The molecule has 212 valence electrons. The van der Waals surface area contributed by atoms with Gasteiger partial charge in [0, 0.05) is 5.56 Å². The number of benzene rings is 3. The summed E-state index contributed by atoms with van der Waals surface area (Å²) in [5.74, 6) is -0.628. The summed E-state index contributed by atoms with van der Waals surface area (Å²) in [6, 6.07) is 15.6. The summed E-state index contributed by atoms with van der Waals surface area (Å²) in [7, 11) is 0. The Morgan fingerprint density at radius 2 is 1.60 bits per heavy atom. The lowest BCUT2D eigenvalue weighted by Crippen LogP contribution is -2.13. The summed E-state index contributed by atoms with van der Waals surface area (Å²) < 4.78 is 55.9. The Morgan fingerprint density at radius 3 is 2.30 bits per heavy atom. The first-order chi connectivity index (χ1) is 19.5. The van der Waals surface area contributed by atoms with Crippen molar-refractivity contribution in [3.8, 4) is 22.6 Å². The highest BCUT2D eigenvalue weighted by molar-refractivity contribution is 5.65. The molecule has 0 radical (unpaired) electrons. The molecule has 0 aliphatic heterocycles. The molecule has 5 heteroatoms. The second-order valence-electron chi connectivity index (χ2n) is 10.5. The van der Waals surface area contributed by atoms with Crippen LogP contribution in [0.15, 0.2) is 73.3 Å². The highest BCUT2D eigenvalue weighted by atomic mass is 19.2. The molecule has 3 aromatic rings. The Bertz CT molecular complexity index is 1270. The van der Waals surface area contributed by atoms with Crippen LogP contribution in [0.5, 0.6) is 11.5 Å². The lowest BCUT2D eigenvalue weighted by atomic mass is 9.78. The largest absolute Gasteiger partial charge is 0.494 e. The molecule has 1 aliphatic carbocycles. The third-order valence-electron chi connectivity index (χ3n) is 7.58. The predicted molar refractivity (Wildman–Crippen MR) is 157 cm³/mol. The fourth-order valence-electron chi connectivity index (χ4n) is 5.19. The molecule has 0 spiro atoms. The first-order valence-electron chi connectivity index (χ1n) is 14.4. The molecule has 0 heterocycles. The van der Waals surface area contributed by atoms with Gasteiger partial charge in [-0.2, -0.15) is 0 Å². The van der Waals surface area contributed by atoms with E-state index < -0.39 is 11.6 Å². The number of unbranched alkanes of at least 4 members (excludes halogenated alkanes) is 2. The van der Waals surface area contributed by atoms with Crippen molar-refractivity contribution in [2.24, 2.45) is 5.92 Å². The third-order valence-corrected chi connectivity index (χ3v) is 7.58. The van der Waals surface area contributed by atoms with Crippen molar-refractivity contribution in [1.29, 1.82) is 0 Å². The molecule has 0 bridgehead atoms. The molecule has 2 nitrogen and oxygen atoms in total. The van der Waals surface area contributed by atoms with Crippen LogP contribution in [0.3, 0.4) is 0 Å². The lowest BCUT2D eigenvalue weighted by molar-refractivity contribution is 0.296. The van der Waals surface area contributed by atoms with Crippen molar-refractivity contribution >= 4 is 6.08 Å². The van der Waals surface area contributed by atoms with Crippen LogP contribution < -0.4 is 9.47 Å². The Kier molecular flexibility index (Phi) is 10.9. The van der Waals surface area contributed by atoms with Crippen LogP contribution in [0.2, 0.25) is 0 Å².